The number of anilines is 1. The minimum atomic E-state index is -1.06. The Morgan fingerprint density at radius 2 is 2.10 bits per heavy atom. The number of amides is 1. The molecular formula is C14H10ClNO3S. The molecule has 0 aliphatic carbocycles. The van der Waals surface area contributed by atoms with Gasteiger partial charge in [0.15, 0.2) is 0 Å². The zero-order chi connectivity index (χ0) is 14.5. The Labute approximate surface area is 124 Å². The first-order valence-corrected chi connectivity index (χ1v) is 6.87. The number of thiophene rings is 1. The van der Waals surface area contributed by atoms with Crippen molar-refractivity contribution in [3.8, 4) is 0 Å². The smallest absolute Gasteiger partial charge is 0.348 e. The van der Waals surface area contributed by atoms with Crippen LogP contribution in [0.15, 0.2) is 41.8 Å². The van der Waals surface area contributed by atoms with E-state index < -0.39 is 11.9 Å². The molecule has 1 aromatic carbocycles. The molecule has 0 bridgehead atoms. The van der Waals surface area contributed by atoms with Gasteiger partial charge in [0, 0.05) is 11.1 Å². The molecule has 0 spiro atoms. The third-order valence-corrected chi connectivity index (χ3v) is 3.53. The molecule has 1 heterocycles. The van der Waals surface area contributed by atoms with E-state index >= 15 is 0 Å². The van der Waals surface area contributed by atoms with E-state index in [4.69, 9.17) is 16.7 Å². The number of halogens is 1. The number of carboxylic acids is 1. The maximum Gasteiger partial charge on any atom is 0.348 e. The molecule has 0 saturated heterocycles. The van der Waals surface area contributed by atoms with Crippen molar-refractivity contribution >= 4 is 46.6 Å². The highest BCUT2D eigenvalue weighted by Gasteiger charge is 2.12. The predicted molar refractivity (Wildman–Crippen MR) is 80.4 cm³/mol. The molecule has 0 atom stereocenters. The van der Waals surface area contributed by atoms with Gasteiger partial charge in [-0.15, -0.1) is 11.3 Å². The molecule has 4 nitrogen and oxygen atoms in total. The highest BCUT2D eigenvalue weighted by molar-refractivity contribution is 7.12. The van der Waals surface area contributed by atoms with Crippen LogP contribution in [-0.2, 0) is 4.79 Å². The summed E-state index contributed by atoms with van der Waals surface area (Å²) in [6.07, 6.45) is 2.93. The van der Waals surface area contributed by atoms with Crippen molar-refractivity contribution in [2.45, 2.75) is 0 Å². The zero-order valence-electron chi connectivity index (χ0n) is 10.2. The lowest BCUT2D eigenvalue weighted by Gasteiger charge is -2.00. The van der Waals surface area contributed by atoms with Crippen LogP contribution in [0.1, 0.15) is 15.2 Å². The average molecular weight is 308 g/mol. The molecule has 6 heteroatoms. The van der Waals surface area contributed by atoms with Crippen LogP contribution in [0.4, 0.5) is 5.69 Å². The molecule has 0 aliphatic rings. The van der Waals surface area contributed by atoms with Crippen molar-refractivity contribution < 1.29 is 14.7 Å². The van der Waals surface area contributed by atoms with Crippen molar-refractivity contribution in [1.82, 2.24) is 0 Å². The van der Waals surface area contributed by atoms with Gasteiger partial charge in [-0.1, -0.05) is 23.7 Å². The van der Waals surface area contributed by atoms with Crippen molar-refractivity contribution in [2.75, 3.05) is 5.32 Å². The van der Waals surface area contributed by atoms with Gasteiger partial charge >= 0.3 is 5.97 Å². The van der Waals surface area contributed by atoms with E-state index in [-0.39, 0.29) is 4.88 Å². The molecule has 1 amide bonds. The van der Waals surface area contributed by atoms with Crippen molar-refractivity contribution in [3.05, 3.63) is 57.3 Å². The summed E-state index contributed by atoms with van der Waals surface area (Å²) in [4.78, 5) is 22.7. The average Bonchev–Trinajstić information content (AvgIpc) is 2.85. The fraction of sp³-hybridized carbons (Fsp3) is 0. The van der Waals surface area contributed by atoms with Gasteiger partial charge in [0.05, 0.1) is 5.69 Å². The second-order valence-electron chi connectivity index (χ2n) is 3.85. The van der Waals surface area contributed by atoms with Crippen LogP contribution < -0.4 is 5.32 Å². The van der Waals surface area contributed by atoms with Crippen molar-refractivity contribution in [3.63, 3.8) is 0 Å². The van der Waals surface area contributed by atoms with Gasteiger partial charge < -0.3 is 10.4 Å². The first kappa shape index (κ1) is 14.3. The summed E-state index contributed by atoms with van der Waals surface area (Å²) in [7, 11) is 0. The second kappa shape index (κ2) is 6.36. The predicted octanol–water partition coefficient (Wildman–Crippen LogP) is 3.75. The maximum absolute atomic E-state index is 11.7. The van der Waals surface area contributed by atoms with Crippen LogP contribution in [0.2, 0.25) is 5.02 Å². The standard InChI is InChI=1S/C14H10ClNO3S/c15-10-3-1-2-9(8-10)4-5-12(17)16-11-6-7-20-13(11)14(18)19/h1-8H,(H,16,17)(H,18,19)/b5-4+. The summed E-state index contributed by atoms with van der Waals surface area (Å²) in [5.74, 6) is -1.46. The first-order chi connectivity index (χ1) is 9.56. The summed E-state index contributed by atoms with van der Waals surface area (Å²) in [6.45, 7) is 0. The van der Waals surface area contributed by atoms with Gasteiger partial charge in [0.25, 0.3) is 0 Å². The fourth-order valence-electron chi connectivity index (χ4n) is 1.53. The zero-order valence-corrected chi connectivity index (χ0v) is 11.7. The Kier molecular flexibility index (Phi) is 4.55. The molecule has 2 N–H and O–H groups in total. The van der Waals surface area contributed by atoms with E-state index in [2.05, 4.69) is 5.32 Å². The Bertz CT molecular complexity index is 679. The molecule has 20 heavy (non-hydrogen) atoms. The van der Waals surface area contributed by atoms with Crippen LogP contribution in [0.5, 0.6) is 0 Å². The van der Waals surface area contributed by atoms with Crippen LogP contribution in [0.25, 0.3) is 6.08 Å². The lowest BCUT2D eigenvalue weighted by Crippen LogP contribution is -2.09. The fourth-order valence-corrected chi connectivity index (χ4v) is 2.42. The molecule has 2 rings (SSSR count). The summed E-state index contributed by atoms with van der Waals surface area (Å²) < 4.78 is 0. The Morgan fingerprint density at radius 1 is 1.30 bits per heavy atom. The normalized spacial score (nSPS) is 10.7. The monoisotopic (exact) mass is 307 g/mol. The SMILES string of the molecule is O=C(/C=C/c1cccc(Cl)c1)Nc1ccsc1C(=O)O. The number of carbonyl (C=O) groups is 2. The minimum Gasteiger partial charge on any atom is -0.477 e. The number of hydrogen-bond donors (Lipinski definition) is 2. The highest BCUT2D eigenvalue weighted by Crippen LogP contribution is 2.22. The van der Waals surface area contributed by atoms with Crippen molar-refractivity contribution in [2.24, 2.45) is 0 Å². The largest absolute Gasteiger partial charge is 0.477 e. The van der Waals surface area contributed by atoms with Gasteiger partial charge in [-0.2, -0.15) is 0 Å². The van der Waals surface area contributed by atoms with E-state index in [1.165, 1.54) is 6.08 Å². The molecule has 1 aromatic heterocycles. The quantitative estimate of drug-likeness (QED) is 0.845. The second-order valence-corrected chi connectivity index (χ2v) is 5.20. The maximum atomic E-state index is 11.7. The molecule has 2 aromatic rings. The molecule has 0 unspecified atom stereocenters. The third-order valence-electron chi connectivity index (χ3n) is 2.39. The number of benzene rings is 1. The number of carbonyl (C=O) groups excluding carboxylic acids is 1. The topological polar surface area (TPSA) is 66.4 Å². The number of rotatable bonds is 4. The van der Waals surface area contributed by atoms with E-state index in [0.717, 1.165) is 16.9 Å². The molecule has 0 saturated carbocycles. The number of carboxylic acid groups (broad SMARTS) is 1. The summed E-state index contributed by atoms with van der Waals surface area (Å²) in [6, 6.07) is 8.60. The molecule has 0 radical (unpaired) electrons. The van der Waals surface area contributed by atoms with Crippen LogP contribution in [-0.4, -0.2) is 17.0 Å². The number of aromatic carboxylic acids is 1. The first-order valence-electron chi connectivity index (χ1n) is 5.61. The van der Waals surface area contributed by atoms with E-state index in [1.54, 1.807) is 35.7 Å². The number of hydrogen-bond acceptors (Lipinski definition) is 3. The minimum absolute atomic E-state index is 0.106. The summed E-state index contributed by atoms with van der Waals surface area (Å²) >= 11 is 6.89. The molecule has 0 fully saturated rings. The lowest BCUT2D eigenvalue weighted by atomic mass is 10.2. The van der Waals surface area contributed by atoms with Crippen LogP contribution in [0.3, 0.4) is 0 Å². The van der Waals surface area contributed by atoms with E-state index in [9.17, 15) is 9.59 Å². The molecular weight excluding hydrogens is 298 g/mol. The summed E-state index contributed by atoms with van der Waals surface area (Å²) in [5.41, 5.74) is 1.08. The van der Waals surface area contributed by atoms with Crippen LogP contribution in [0, 0.1) is 0 Å². The Morgan fingerprint density at radius 3 is 2.80 bits per heavy atom. The summed E-state index contributed by atoms with van der Waals surface area (Å²) in [5, 5.41) is 13.7. The van der Waals surface area contributed by atoms with E-state index in [0.29, 0.717) is 10.7 Å². The van der Waals surface area contributed by atoms with Gasteiger partial charge in [-0.05, 0) is 35.2 Å². The van der Waals surface area contributed by atoms with Gasteiger partial charge in [-0.25, -0.2) is 4.79 Å². The Hall–Kier alpha value is -2.11. The lowest BCUT2D eigenvalue weighted by molar-refractivity contribution is -0.111. The molecule has 0 aliphatic heterocycles. The van der Waals surface area contributed by atoms with Gasteiger partial charge in [0.2, 0.25) is 5.91 Å². The van der Waals surface area contributed by atoms with Crippen molar-refractivity contribution in [1.29, 1.82) is 0 Å². The highest BCUT2D eigenvalue weighted by atomic mass is 35.5. The number of nitrogens with one attached hydrogen (secondary N) is 1. The Balaban J connectivity index is 2.06. The molecule has 102 valence electrons. The van der Waals surface area contributed by atoms with Crippen LogP contribution >= 0.6 is 22.9 Å². The third kappa shape index (κ3) is 3.69. The van der Waals surface area contributed by atoms with Gasteiger partial charge in [-0.3, -0.25) is 4.79 Å². The van der Waals surface area contributed by atoms with Gasteiger partial charge in [0.1, 0.15) is 4.88 Å². The van der Waals surface area contributed by atoms with E-state index in [1.807, 2.05) is 6.07 Å².